The lowest BCUT2D eigenvalue weighted by Gasteiger charge is -2.25. The van der Waals surface area contributed by atoms with Gasteiger partial charge < -0.3 is 15.7 Å². The van der Waals surface area contributed by atoms with Gasteiger partial charge in [0.05, 0.1) is 6.10 Å². The molecule has 3 rings (SSSR count). The Labute approximate surface area is 113 Å². The van der Waals surface area contributed by atoms with Gasteiger partial charge in [-0.15, -0.1) is 0 Å². The number of nitrogens with zero attached hydrogens (tertiary/aromatic N) is 1. The standard InChI is InChI=1S/C15H21FN2O/c1-9(17)12-6-11(16)3-4-14(12)18-7-10-2-5-15(19)13(10)8-18/h3-4,6,9-10,13,15,19H,2,5,7-8,17H2,1H3/t9-,10?,13?,15?/m1/s1. The van der Waals surface area contributed by atoms with E-state index in [1.165, 1.54) is 12.1 Å². The Kier molecular flexibility index (Phi) is 3.23. The van der Waals surface area contributed by atoms with E-state index in [-0.39, 0.29) is 18.0 Å². The Morgan fingerprint density at radius 1 is 1.37 bits per heavy atom. The average Bonchev–Trinajstić information content (AvgIpc) is 2.92. The van der Waals surface area contributed by atoms with Crippen molar-refractivity contribution in [3.63, 3.8) is 0 Å². The smallest absolute Gasteiger partial charge is 0.123 e. The van der Waals surface area contributed by atoms with Gasteiger partial charge in [-0.1, -0.05) is 0 Å². The first-order valence-corrected chi connectivity index (χ1v) is 7.04. The molecular formula is C15H21FN2O. The fourth-order valence-corrected chi connectivity index (χ4v) is 3.61. The van der Waals surface area contributed by atoms with Crippen molar-refractivity contribution < 1.29 is 9.50 Å². The summed E-state index contributed by atoms with van der Waals surface area (Å²) in [7, 11) is 0. The molecule has 0 aromatic heterocycles. The molecule has 1 aliphatic carbocycles. The molecule has 1 aromatic rings. The molecule has 4 atom stereocenters. The second-order valence-electron chi connectivity index (χ2n) is 5.97. The molecule has 4 heteroatoms. The molecule has 104 valence electrons. The van der Waals surface area contributed by atoms with E-state index in [1.807, 2.05) is 13.0 Å². The summed E-state index contributed by atoms with van der Waals surface area (Å²) in [6.07, 6.45) is 1.85. The normalized spacial score (nSPS) is 31.6. The molecule has 0 amide bonds. The highest BCUT2D eigenvalue weighted by atomic mass is 19.1. The molecule has 1 saturated carbocycles. The van der Waals surface area contributed by atoms with Crippen LogP contribution in [0.4, 0.5) is 10.1 Å². The molecule has 3 N–H and O–H groups in total. The van der Waals surface area contributed by atoms with E-state index >= 15 is 0 Å². The van der Waals surface area contributed by atoms with Crippen molar-refractivity contribution in [2.75, 3.05) is 18.0 Å². The van der Waals surface area contributed by atoms with Crippen LogP contribution in [0.15, 0.2) is 18.2 Å². The summed E-state index contributed by atoms with van der Waals surface area (Å²) in [5, 5.41) is 9.98. The second-order valence-corrected chi connectivity index (χ2v) is 5.97. The number of aliphatic hydroxyl groups is 1. The van der Waals surface area contributed by atoms with Gasteiger partial charge in [0.1, 0.15) is 5.82 Å². The third-order valence-electron chi connectivity index (χ3n) is 4.64. The minimum absolute atomic E-state index is 0.172. The average molecular weight is 264 g/mol. The molecule has 1 aromatic carbocycles. The summed E-state index contributed by atoms with van der Waals surface area (Å²) in [4.78, 5) is 2.26. The number of rotatable bonds is 2. The molecule has 3 nitrogen and oxygen atoms in total. The first-order valence-electron chi connectivity index (χ1n) is 7.04. The number of nitrogens with two attached hydrogens (primary N) is 1. The van der Waals surface area contributed by atoms with Gasteiger partial charge in [-0.05, 0) is 49.4 Å². The van der Waals surface area contributed by atoms with Crippen LogP contribution in [0, 0.1) is 17.7 Å². The van der Waals surface area contributed by atoms with Crippen molar-refractivity contribution in [2.45, 2.75) is 31.9 Å². The maximum atomic E-state index is 13.4. The zero-order valence-electron chi connectivity index (χ0n) is 11.2. The number of anilines is 1. The number of hydrogen-bond donors (Lipinski definition) is 2. The number of benzene rings is 1. The zero-order chi connectivity index (χ0) is 13.6. The maximum absolute atomic E-state index is 13.4. The van der Waals surface area contributed by atoms with Crippen LogP contribution in [0.25, 0.3) is 0 Å². The van der Waals surface area contributed by atoms with Crippen LogP contribution in [0.3, 0.4) is 0 Å². The van der Waals surface area contributed by atoms with Gasteiger partial charge in [0, 0.05) is 30.7 Å². The summed E-state index contributed by atoms with van der Waals surface area (Å²) in [6.45, 7) is 3.69. The van der Waals surface area contributed by atoms with Gasteiger partial charge in [-0.25, -0.2) is 4.39 Å². The lowest BCUT2D eigenvalue weighted by molar-refractivity contribution is 0.133. The van der Waals surface area contributed by atoms with E-state index < -0.39 is 0 Å². The molecule has 0 spiro atoms. The Hall–Kier alpha value is -1.13. The highest BCUT2D eigenvalue weighted by Crippen LogP contribution is 2.41. The molecule has 1 heterocycles. The molecule has 2 aliphatic rings. The van der Waals surface area contributed by atoms with Crippen molar-refractivity contribution in [1.29, 1.82) is 0 Å². The molecular weight excluding hydrogens is 243 g/mol. The predicted octanol–water partition coefficient (Wildman–Crippen LogP) is 2.05. The highest BCUT2D eigenvalue weighted by Gasteiger charge is 2.42. The molecule has 1 aliphatic heterocycles. The van der Waals surface area contributed by atoms with Crippen LogP contribution in [0.1, 0.15) is 31.4 Å². The summed E-state index contributed by atoms with van der Waals surface area (Å²) >= 11 is 0. The van der Waals surface area contributed by atoms with E-state index in [0.717, 1.165) is 37.2 Å². The van der Waals surface area contributed by atoms with E-state index in [2.05, 4.69) is 4.90 Å². The lowest BCUT2D eigenvalue weighted by atomic mass is 10.00. The summed E-state index contributed by atoms with van der Waals surface area (Å²) in [5.41, 5.74) is 7.83. The predicted molar refractivity (Wildman–Crippen MR) is 73.4 cm³/mol. The van der Waals surface area contributed by atoms with Gasteiger partial charge in [-0.3, -0.25) is 0 Å². The summed E-state index contributed by atoms with van der Waals surface area (Å²) in [5.74, 6) is 0.697. The van der Waals surface area contributed by atoms with Gasteiger partial charge in [0.25, 0.3) is 0 Å². The molecule has 2 fully saturated rings. The monoisotopic (exact) mass is 264 g/mol. The van der Waals surface area contributed by atoms with E-state index in [4.69, 9.17) is 5.73 Å². The number of fused-ring (bicyclic) bond motifs is 1. The van der Waals surface area contributed by atoms with E-state index in [1.54, 1.807) is 0 Å². The first kappa shape index (κ1) is 12.9. The Balaban J connectivity index is 1.88. The topological polar surface area (TPSA) is 49.5 Å². The Morgan fingerprint density at radius 2 is 2.16 bits per heavy atom. The van der Waals surface area contributed by atoms with Gasteiger partial charge in [0.15, 0.2) is 0 Å². The van der Waals surface area contributed by atoms with Crippen LogP contribution in [0.5, 0.6) is 0 Å². The quantitative estimate of drug-likeness (QED) is 0.859. The van der Waals surface area contributed by atoms with Crippen LogP contribution in [-0.4, -0.2) is 24.3 Å². The lowest BCUT2D eigenvalue weighted by Crippen LogP contribution is -2.26. The molecule has 0 radical (unpaired) electrons. The SMILES string of the molecule is C[C@@H](N)c1cc(F)ccc1N1CC2CCC(O)C2C1. The largest absolute Gasteiger partial charge is 0.393 e. The van der Waals surface area contributed by atoms with Crippen LogP contribution >= 0.6 is 0 Å². The number of hydrogen-bond acceptors (Lipinski definition) is 3. The fraction of sp³-hybridized carbons (Fsp3) is 0.600. The highest BCUT2D eigenvalue weighted by molar-refractivity contribution is 5.56. The molecule has 19 heavy (non-hydrogen) atoms. The zero-order valence-corrected chi connectivity index (χ0v) is 11.2. The third kappa shape index (κ3) is 2.23. The van der Waals surface area contributed by atoms with Crippen molar-refractivity contribution in [1.82, 2.24) is 0 Å². The minimum Gasteiger partial charge on any atom is -0.393 e. The number of halogens is 1. The van der Waals surface area contributed by atoms with Gasteiger partial charge >= 0.3 is 0 Å². The van der Waals surface area contributed by atoms with E-state index in [0.29, 0.717) is 11.8 Å². The maximum Gasteiger partial charge on any atom is 0.123 e. The molecule has 1 saturated heterocycles. The van der Waals surface area contributed by atoms with Crippen LogP contribution < -0.4 is 10.6 Å². The van der Waals surface area contributed by atoms with Crippen molar-refractivity contribution in [3.8, 4) is 0 Å². The first-order chi connectivity index (χ1) is 9.06. The third-order valence-corrected chi connectivity index (χ3v) is 4.64. The fourth-order valence-electron chi connectivity index (χ4n) is 3.61. The van der Waals surface area contributed by atoms with Gasteiger partial charge in [-0.2, -0.15) is 0 Å². The van der Waals surface area contributed by atoms with Crippen LogP contribution in [-0.2, 0) is 0 Å². The Morgan fingerprint density at radius 3 is 2.84 bits per heavy atom. The van der Waals surface area contributed by atoms with Crippen molar-refractivity contribution in [2.24, 2.45) is 17.6 Å². The minimum atomic E-state index is -0.240. The number of aliphatic hydroxyl groups excluding tert-OH is 1. The summed E-state index contributed by atoms with van der Waals surface area (Å²) in [6, 6.07) is 4.66. The van der Waals surface area contributed by atoms with Crippen LogP contribution in [0.2, 0.25) is 0 Å². The molecule has 0 bridgehead atoms. The summed E-state index contributed by atoms with van der Waals surface area (Å²) < 4.78 is 13.4. The van der Waals surface area contributed by atoms with Crippen molar-refractivity contribution in [3.05, 3.63) is 29.6 Å². The van der Waals surface area contributed by atoms with Crippen molar-refractivity contribution >= 4 is 5.69 Å². The molecule has 3 unspecified atom stereocenters. The Bertz CT molecular complexity index is 477. The van der Waals surface area contributed by atoms with E-state index in [9.17, 15) is 9.50 Å². The second kappa shape index (κ2) is 4.76. The van der Waals surface area contributed by atoms with Gasteiger partial charge in [0.2, 0.25) is 0 Å².